The number of aromatic amines is 1. The number of sulfonamides is 2. The van der Waals surface area contributed by atoms with Crippen molar-refractivity contribution >= 4 is 37.0 Å². The SMILES string of the molecule is CNS(=O)(=O)c1cc(C(=O)N2CCN(S(=O)(=O)c3c[nH]c4ncccc34)CC2)n(C)c1. The molecule has 4 heterocycles. The number of amides is 1. The van der Waals surface area contributed by atoms with E-state index < -0.39 is 20.0 Å². The normalized spacial score (nSPS) is 16.1. The summed E-state index contributed by atoms with van der Waals surface area (Å²) in [6.45, 7) is 0.649. The third-order valence-electron chi connectivity index (χ3n) is 5.33. The second-order valence-electron chi connectivity index (χ2n) is 7.13. The molecule has 1 aliphatic rings. The maximum absolute atomic E-state index is 13.1. The van der Waals surface area contributed by atoms with Crippen molar-refractivity contribution in [3.05, 3.63) is 42.5 Å². The third kappa shape index (κ3) is 3.73. The van der Waals surface area contributed by atoms with Crippen LogP contribution in [0.15, 0.2) is 46.6 Å². The Morgan fingerprint density at radius 2 is 1.87 bits per heavy atom. The molecule has 1 amide bonds. The first-order valence-electron chi connectivity index (χ1n) is 9.46. The smallest absolute Gasteiger partial charge is 0.270 e. The van der Waals surface area contributed by atoms with Gasteiger partial charge in [0.15, 0.2) is 0 Å². The average Bonchev–Trinajstić information content (AvgIpc) is 3.38. The molecule has 1 fully saturated rings. The van der Waals surface area contributed by atoms with Crippen LogP contribution in [0.4, 0.5) is 0 Å². The van der Waals surface area contributed by atoms with Gasteiger partial charge in [-0.1, -0.05) is 0 Å². The van der Waals surface area contributed by atoms with Crippen LogP contribution in [0, 0.1) is 0 Å². The molecule has 4 rings (SSSR count). The molecule has 0 bridgehead atoms. The Morgan fingerprint density at radius 3 is 2.55 bits per heavy atom. The summed E-state index contributed by atoms with van der Waals surface area (Å²) in [5, 5.41) is 0.517. The van der Waals surface area contributed by atoms with Crippen LogP contribution in [-0.2, 0) is 27.1 Å². The molecule has 0 spiro atoms. The molecule has 0 radical (unpaired) electrons. The van der Waals surface area contributed by atoms with Gasteiger partial charge < -0.3 is 14.5 Å². The van der Waals surface area contributed by atoms with E-state index in [1.165, 1.54) is 39.3 Å². The molecule has 0 saturated carbocycles. The zero-order valence-corrected chi connectivity index (χ0v) is 18.6. The number of rotatable bonds is 5. The summed E-state index contributed by atoms with van der Waals surface area (Å²) in [6.07, 6.45) is 4.37. The van der Waals surface area contributed by atoms with Crippen molar-refractivity contribution < 1.29 is 21.6 Å². The van der Waals surface area contributed by atoms with Crippen LogP contribution in [0.3, 0.4) is 0 Å². The molecule has 31 heavy (non-hydrogen) atoms. The number of pyridine rings is 1. The van der Waals surface area contributed by atoms with Crippen molar-refractivity contribution in [1.29, 1.82) is 0 Å². The first-order valence-corrected chi connectivity index (χ1v) is 12.4. The molecule has 1 aliphatic heterocycles. The molecule has 0 unspecified atom stereocenters. The first-order chi connectivity index (χ1) is 14.6. The van der Waals surface area contributed by atoms with Gasteiger partial charge >= 0.3 is 0 Å². The molecule has 11 nitrogen and oxygen atoms in total. The summed E-state index contributed by atoms with van der Waals surface area (Å²) in [7, 11) is -4.54. The number of carbonyl (C=O) groups is 1. The topological polar surface area (TPSA) is 137 Å². The van der Waals surface area contributed by atoms with E-state index in [4.69, 9.17) is 0 Å². The molecule has 2 N–H and O–H groups in total. The third-order valence-corrected chi connectivity index (χ3v) is 8.65. The van der Waals surface area contributed by atoms with E-state index in [0.717, 1.165) is 0 Å². The van der Waals surface area contributed by atoms with Crippen molar-refractivity contribution in [2.45, 2.75) is 9.79 Å². The summed E-state index contributed by atoms with van der Waals surface area (Å²) >= 11 is 0. The number of carbonyl (C=O) groups excluding carboxylic acids is 1. The minimum Gasteiger partial charge on any atom is -0.345 e. The summed E-state index contributed by atoms with van der Waals surface area (Å²) < 4.78 is 55.2. The molecule has 3 aromatic heterocycles. The highest BCUT2D eigenvalue weighted by atomic mass is 32.2. The van der Waals surface area contributed by atoms with E-state index in [0.29, 0.717) is 11.0 Å². The molecular formula is C18H22N6O5S2. The lowest BCUT2D eigenvalue weighted by Gasteiger charge is -2.33. The number of nitrogens with one attached hydrogen (secondary N) is 2. The minimum atomic E-state index is -3.75. The summed E-state index contributed by atoms with van der Waals surface area (Å²) in [4.78, 5) is 21.6. The predicted molar refractivity (Wildman–Crippen MR) is 112 cm³/mol. The summed E-state index contributed by atoms with van der Waals surface area (Å²) in [5.74, 6) is -0.353. The quantitative estimate of drug-likeness (QED) is 0.541. The van der Waals surface area contributed by atoms with Crippen LogP contribution in [-0.4, -0.2) is 79.7 Å². The number of nitrogens with zero attached hydrogens (tertiary/aromatic N) is 4. The highest BCUT2D eigenvalue weighted by Gasteiger charge is 2.33. The fraction of sp³-hybridized carbons (Fsp3) is 0.333. The Kier molecular flexibility index (Phi) is 5.37. The first kappa shape index (κ1) is 21.5. The van der Waals surface area contributed by atoms with Gasteiger partial charge in [0.25, 0.3) is 5.91 Å². The summed E-state index contributed by atoms with van der Waals surface area (Å²) in [5.41, 5.74) is 0.707. The van der Waals surface area contributed by atoms with Crippen molar-refractivity contribution in [3.8, 4) is 0 Å². The molecule has 166 valence electrons. The largest absolute Gasteiger partial charge is 0.345 e. The van der Waals surface area contributed by atoms with Crippen molar-refractivity contribution in [2.75, 3.05) is 33.2 Å². The standard InChI is InChI=1S/C18H22N6O5S2/c1-19-30(26,27)13-10-15(22(2)12-13)18(25)23-6-8-24(9-7-23)31(28,29)16-11-21-17-14(16)4-3-5-20-17/h3-5,10-12,19H,6-9H2,1-2H3,(H,20,21). The van der Waals surface area contributed by atoms with Crippen LogP contribution in [0.25, 0.3) is 11.0 Å². The number of H-pyrrole nitrogens is 1. The fourth-order valence-electron chi connectivity index (χ4n) is 3.59. The van der Waals surface area contributed by atoms with E-state index >= 15 is 0 Å². The van der Waals surface area contributed by atoms with Gasteiger partial charge in [0, 0.05) is 57.2 Å². The van der Waals surface area contributed by atoms with Gasteiger partial charge in [-0.2, -0.15) is 4.31 Å². The van der Waals surface area contributed by atoms with Crippen LogP contribution in [0.5, 0.6) is 0 Å². The van der Waals surface area contributed by atoms with Gasteiger partial charge in [0.1, 0.15) is 21.1 Å². The Hall–Kier alpha value is -2.74. The number of hydrogen-bond donors (Lipinski definition) is 2. The Balaban J connectivity index is 1.51. The number of fused-ring (bicyclic) bond motifs is 1. The van der Waals surface area contributed by atoms with Crippen LogP contribution < -0.4 is 4.72 Å². The lowest BCUT2D eigenvalue weighted by Crippen LogP contribution is -2.50. The Morgan fingerprint density at radius 1 is 1.16 bits per heavy atom. The fourth-order valence-corrected chi connectivity index (χ4v) is 5.96. The number of hydrogen-bond acceptors (Lipinski definition) is 6. The van der Waals surface area contributed by atoms with Crippen molar-refractivity contribution in [3.63, 3.8) is 0 Å². The van der Waals surface area contributed by atoms with Crippen molar-refractivity contribution in [2.24, 2.45) is 7.05 Å². The van der Waals surface area contributed by atoms with E-state index in [2.05, 4.69) is 14.7 Å². The van der Waals surface area contributed by atoms with Gasteiger partial charge in [-0.15, -0.1) is 0 Å². The second-order valence-corrected chi connectivity index (χ2v) is 10.9. The predicted octanol–water partition coefficient (Wildman–Crippen LogP) is -0.0438. The molecule has 0 aromatic carbocycles. The van der Waals surface area contributed by atoms with E-state index in [1.54, 1.807) is 25.4 Å². The van der Waals surface area contributed by atoms with Crippen molar-refractivity contribution in [1.82, 2.24) is 28.5 Å². The molecule has 0 atom stereocenters. The monoisotopic (exact) mass is 466 g/mol. The Bertz CT molecular complexity index is 1350. The van der Waals surface area contributed by atoms with Gasteiger partial charge in [-0.25, -0.2) is 26.5 Å². The second kappa shape index (κ2) is 7.75. The maximum Gasteiger partial charge on any atom is 0.270 e. The number of piperazine rings is 1. The van der Waals surface area contributed by atoms with Gasteiger partial charge in [-0.3, -0.25) is 4.79 Å². The lowest BCUT2D eigenvalue weighted by molar-refractivity contribution is 0.0688. The summed E-state index contributed by atoms with van der Waals surface area (Å²) in [6, 6.07) is 4.68. The highest BCUT2D eigenvalue weighted by molar-refractivity contribution is 7.89. The minimum absolute atomic E-state index is 0.00462. The van der Waals surface area contributed by atoms with Gasteiger partial charge in [0.05, 0.1) is 0 Å². The van der Waals surface area contributed by atoms with E-state index in [-0.39, 0.29) is 47.6 Å². The molecule has 1 saturated heterocycles. The van der Waals surface area contributed by atoms with Gasteiger partial charge in [0.2, 0.25) is 20.0 Å². The molecule has 3 aromatic rings. The van der Waals surface area contributed by atoms with Crippen LogP contribution in [0.2, 0.25) is 0 Å². The van der Waals surface area contributed by atoms with Gasteiger partial charge in [-0.05, 0) is 25.2 Å². The average molecular weight is 467 g/mol. The van der Waals surface area contributed by atoms with E-state index in [1.807, 2.05) is 0 Å². The molecule has 0 aliphatic carbocycles. The van der Waals surface area contributed by atoms with E-state index in [9.17, 15) is 21.6 Å². The number of aryl methyl sites for hydroxylation is 1. The highest BCUT2D eigenvalue weighted by Crippen LogP contribution is 2.25. The van der Waals surface area contributed by atoms with Crippen LogP contribution in [0.1, 0.15) is 10.5 Å². The van der Waals surface area contributed by atoms with Crippen LogP contribution >= 0.6 is 0 Å². The molecular weight excluding hydrogens is 444 g/mol. The lowest BCUT2D eigenvalue weighted by atomic mass is 10.3. The maximum atomic E-state index is 13.1. The number of aromatic nitrogens is 3. The zero-order valence-electron chi connectivity index (χ0n) is 16.9. The zero-order chi connectivity index (χ0) is 22.4. The Labute approximate surface area is 179 Å². The molecule has 13 heteroatoms.